The van der Waals surface area contributed by atoms with Gasteiger partial charge < -0.3 is 24.8 Å². The fraction of sp³-hybridized carbons (Fsp3) is 0.455. The smallest absolute Gasteiger partial charge is 1.00 e. The van der Waals surface area contributed by atoms with E-state index in [9.17, 15) is 0 Å². The van der Waals surface area contributed by atoms with Gasteiger partial charge in [0, 0.05) is 0 Å². The topological polar surface area (TPSA) is 0 Å². The Labute approximate surface area is 248 Å². The summed E-state index contributed by atoms with van der Waals surface area (Å²) in [5, 5.41) is 5.49. The van der Waals surface area contributed by atoms with Crippen LogP contribution in [0.2, 0.25) is 0 Å². The summed E-state index contributed by atoms with van der Waals surface area (Å²) in [6.45, 7) is 24.8. The molecule has 3 heteroatoms. The summed E-state index contributed by atoms with van der Waals surface area (Å²) in [4.78, 5) is 0. The van der Waals surface area contributed by atoms with Crippen LogP contribution >= 0.6 is 0 Å². The summed E-state index contributed by atoms with van der Waals surface area (Å²) < 4.78 is 3.34. The molecule has 0 radical (unpaired) electrons. The van der Waals surface area contributed by atoms with Gasteiger partial charge in [0.1, 0.15) is 0 Å². The van der Waals surface area contributed by atoms with Gasteiger partial charge in [0.15, 0.2) is 0 Å². The van der Waals surface area contributed by atoms with Crippen LogP contribution in [-0.2, 0) is 35.1 Å². The first-order chi connectivity index (χ1) is 15.6. The number of halogens is 2. The van der Waals surface area contributed by atoms with E-state index in [1.54, 1.807) is 0 Å². The molecule has 0 heterocycles. The van der Waals surface area contributed by atoms with Crippen molar-refractivity contribution in [2.24, 2.45) is 11.3 Å². The van der Waals surface area contributed by atoms with Gasteiger partial charge in [-0.1, -0.05) is 123 Å². The molecule has 3 aromatic rings. The number of hydrogen-bond donors (Lipinski definition) is 0. The van der Waals surface area contributed by atoms with Crippen LogP contribution in [0.25, 0.3) is 21.5 Å². The minimum absolute atomic E-state index is 0. The molecule has 0 aliphatic heterocycles. The molecule has 196 valence electrons. The first-order valence-corrected chi connectivity index (χ1v) is 14.1. The predicted octanol–water partition coefficient (Wildman–Crippen LogP) is 3.64. The second-order valence-corrected chi connectivity index (χ2v) is 12.6. The average molecular weight is 603 g/mol. The third-order valence-corrected chi connectivity index (χ3v) is 6.51. The molecule has 3 aromatic carbocycles. The fourth-order valence-electron chi connectivity index (χ4n) is 4.58. The monoisotopic (exact) mass is 600 g/mol. The number of rotatable bonds is 0. The molecule has 0 saturated carbocycles. The molecule has 0 bridgehead atoms. The Morgan fingerprint density at radius 3 is 1.36 bits per heavy atom. The van der Waals surface area contributed by atoms with Crippen LogP contribution in [0.15, 0.2) is 59.7 Å². The predicted molar refractivity (Wildman–Crippen MR) is 151 cm³/mol. The van der Waals surface area contributed by atoms with Gasteiger partial charge in [-0.2, -0.15) is 11.6 Å². The van der Waals surface area contributed by atoms with E-state index in [1.165, 1.54) is 68.1 Å². The zero-order valence-electron chi connectivity index (χ0n) is 24.2. The van der Waals surface area contributed by atoms with Crippen molar-refractivity contribution in [2.75, 3.05) is 0 Å². The van der Waals surface area contributed by atoms with Crippen LogP contribution in [0.1, 0.15) is 87.3 Å². The number of hydrogen-bond acceptors (Lipinski definition) is 0. The molecule has 4 rings (SSSR count). The third kappa shape index (κ3) is 8.58. The number of fused-ring (bicyclic) bond motifs is 3. The maximum absolute atomic E-state index is 3.40. The standard InChI is InChI=1S/C21H25.C11H17.CH2.2ClH.Zr/c1-20(2,3)16-9-7-14-11-15-8-10-17(21(4,5)6)13-19(15)18(14)12-16;1-8-6-9(2)10(7-8)11(3,4)5;;;;/h7-13H,1-6H3;7-8H,1-5H3;1H2;2*1H;/q2*-1;;;;+2/p-2. The molecule has 1 aliphatic carbocycles. The van der Waals surface area contributed by atoms with Crippen molar-refractivity contribution >= 4 is 25.8 Å². The molecule has 0 N–H and O–H groups in total. The molecule has 1 unspecified atom stereocenters. The van der Waals surface area contributed by atoms with Gasteiger partial charge >= 0.3 is 28.4 Å². The molecule has 1 atom stereocenters. The SMILES string of the molecule is CC(C)(C)c1ccc2[cH-]c3ccc(C(C)(C)C)cc3c2c1.CC1=[C-]C(C)C=C1C(C)(C)C.[CH2]=[Zr+2].[Cl-].[Cl-]. The van der Waals surface area contributed by atoms with E-state index in [0.29, 0.717) is 11.3 Å². The van der Waals surface area contributed by atoms with E-state index in [2.05, 4.69) is 135 Å². The number of allylic oxidation sites excluding steroid dienone is 4. The maximum Gasteiger partial charge on any atom is -1.00 e. The average Bonchev–Trinajstić information content (AvgIpc) is 3.26. The van der Waals surface area contributed by atoms with E-state index < -0.39 is 0 Å². The van der Waals surface area contributed by atoms with Crippen molar-refractivity contribution in [2.45, 2.75) is 87.0 Å². The van der Waals surface area contributed by atoms with Crippen LogP contribution < -0.4 is 24.8 Å². The Bertz CT molecular complexity index is 1140. The largest absolute Gasteiger partial charge is 1.00 e. The Morgan fingerprint density at radius 2 is 1.11 bits per heavy atom. The van der Waals surface area contributed by atoms with E-state index >= 15 is 0 Å². The molecule has 1 aliphatic rings. The van der Waals surface area contributed by atoms with Gasteiger partial charge in [0.2, 0.25) is 0 Å². The van der Waals surface area contributed by atoms with Crippen LogP contribution in [0, 0.1) is 17.4 Å². The summed E-state index contributed by atoms with van der Waals surface area (Å²) in [5.74, 6) is 0.518. The summed E-state index contributed by atoms with van der Waals surface area (Å²) in [6.07, 6.45) is 5.71. The molecule has 0 nitrogen and oxygen atoms in total. The second-order valence-electron chi connectivity index (χ2n) is 12.6. The van der Waals surface area contributed by atoms with E-state index in [1.807, 2.05) is 0 Å². The van der Waals surface area contributed by atoms with Crippen molar-refractivity contribution in [3.05, 3.63) is 76.9 Å². The molecule has 0 amide bonds. The summed E-state index contributed by atoms with van der Waals surface area (Å²) in [6, 6.07) is 16.1. The second kappa shape index (κ2) is 13.3. The Morgan fingerprint density at radius 1 is 0.722 bits per heavy atom. The number of benzene rings is 2. The molecule has 0 aromatic heterocycles. The molecule has 36 heavy (non-hydrogen) atoms. The molecule has 0 spiro atoms. The summed E-state index contributed by atoms with van der Waals surface area (Å²) in [7, 11) is 0. The van der Waals surface area contributed by atoms with Crippen LogP contribution in [0.5, 0.6) is 0 Å². The minimum Gasteiger partial charge on any atom is -1.00 e. The van der Waals surface area contributed by atoms with Crippen LogP contribution in [-0.4, -0.2) is 4.21 Å². The van der Waals surface area contributed by atoms with Crippen molar-refractivity contribution in [3.63, 3.8) is 0 Å². The van der Waals surface area contributed by atoms with Crippen molar-refractivity contribution in [3.8, 4) is 0 Å². The summed E-state index contributed by atoms with van der Waals surface area (Å²) in [5.41, 5.74) is 6.29. The Kier molecular flexibility index (Phi) is 12.9. The Hall–Kier alpha value is -0.877. The van der Waals surface area contributed by atoms with Gasteiger partial charge in [-0.3, -0.25) is 6.08 Å². The third-order valence-electron chi connectivity index (χ3n) is 6.51. The molecular formula is C33H44Cl2Zr-2. The molecular weight excluding hydrogens is 558 g/mol. The van der Waals surface area contributed by atoms with Crippen molar-refractivity contribution in [1.82, 2.24) is 0 Å². The minimum atomic E-state index is 0. The van der Waals surface area contributed by atoms with Gasteiger partial charge in [-0.15, -0.1) is 39.7 Å². The van der Waals surface area contributed by atoms with Crippen LogP contribution in [0.4, 0.5) is 0 Å². The summed E-state index contributed by atoms with van der Waals surface area (Å²) >= 11 is 1.30. The molecule has 0 saturated heterocycles. The van der Waals surface area contributed by atoms with E-state index in [4.69, 9.17) is 0 Å². The maximum atomic E-state index is 3.40. The van der Waals surface area contributed by atoms with Gasteiger partial charge in [0.05, 0.1) is 0 Å². The van der Waals surface area contributed by atoms with Gasteiger partial charge in [-0.25, -0.2) is 5.57 Å². The van der Waals surface area contributed by atoms with E-state index in [0.717, 1.165) is 0 Å². The fourth-order valence-corrected chi connectivity index (χ4v) is 4.58. The van der Waals surface area contributed by atoms with Crippen molar-refractivity contribution < 1.29 is 49.0 Å². The zero-order chi connectivity index (χ0) is 26.1. The normalized spacial score (nSPS) is 15.5. The van der Waals surface area contributed by atoms with Gasteiger partial charge in [0.25, 0.3) is 0 Å². The Balaban J connectivity index is 0.000000701. The zero-order valence-corrected chi connectivity index (χ0v) is 28.1. The molecule has 0 fully saturated rings. The quantitative estimate of drug-likeness (QED) is 0.345. The first kappa shape index (κ1) is 35.1. The van der Waals surface area contributed by atoms with Crippen molar-refractivity contribution in [1.29, 1.82) is 0 Å². The van der Waals surface area contributed by atoms with E-state index in [-0.39, 0.29) is 35.6 Å². The van der Waals surface area contributed by atoms with Crippen LogP contribution in [0.3, 0.4) is 0 Å². The van der Waals surface area contributed by atoms with Gasteiger partial charge in [-0.05, 0) is 10.8 Å². The first-order valence-electron chi connectivity index (χ1n) is 12.4.